The molecule has 0 spiro atoms. The van der Waals surface area contributed by atoms with E-state index in [9.17, 15) is 9.59 Å². The van der Waals surface area contributed by atoms with Crippen LogP contribution in [0, 0.1) is 16.7 Å². The maximum atomic E-state index is 12.1. The van der Waals surface area contributed by atoms with Gasteiger partial charge >= 0.3 is 5.97 Å². The average molecular weight is 238 g/mol. The smallest absolute Gasteiger partial charge is 0.323 e. The first kappa shape index (κ1) is 13.9. The van der Waals surface area contributed by atoms with E-state index in [1.165, 1.54) is 14.0 Å². The van der Waals surface area contributed by atoms with Crippen LogP contribution in [0.4, 0.5) is 0 Å². The van der Waals surface area contributed by atoms with Gasteiger partial charge in [0.2, 0.25) is 0 Å². The van der Waals surface area contributed by atoms with Crippen molar-refractivity contribution in [3.05, 3.63) is 12.2 Å². The van der Waals surface area contributed by atoms with Gasteiger partial charge in [-0.25, -0.2) is 0 Å². The number of Topliss-reactive ketones (excluding diaryl/α,β-unsaturated/α-hetero) is 1. The van der Waals surface area contributed by atoms with Gasteiger partial charge < -0.3 is 4.74 Å². The van der Waals surface area contributed by atoms with Crippen molar-refractivity contribution in [1.29, 1.82) is 0 Å². The maximum absolute atomic E-state index is 12.1. The number of carbonyl (C=O) groups is 2. The van der Waals surface area contributed by atoms with Crippen LogP contribution in [0.5, 0.6) is 0 Å². The minimum Gasteiger partial charge on any atom is -0.468 e. The summed E-state index contributed by atoms with van der Waals surface area (Å²) in [5.74, 6) is -0.633. The van der Waals surface area contributed by atoms with E-state index in [0.717, 1.165) is 12.8 Å². The minimum absolute atomic E-state index is 0.0348. The molecular formula is C14H22O3. The number of hydrogen-bond acceptors (Lipinski definition) is 3. The van der Waals surface area contributed by atoms with Crippen molar-refractivity contribution in [3.63, 3.8) is 0 Å². The van der Waals surface area contributed by atoms with Crippen molar-refractivity contribution in [2.24, 2.45) is 16.7 Å². The lowest BCUT2D eigenvalue weighted by molar-refractivity contribution is -0.159. The van der Waals surface area contributed by atoms with Gasteiger partial charge in [-0.05, 0) is 31.1 Å². The van der Waals surface area contributed by atoms with Crippen LogP contribution in [0.3, 0.4) is 0 Å². The van der Waals surface area contributed by atoms with E-state index in [-0.39, 0.29) is 17.1 Å². The first-order valence-corrected chi connectivity index (χ1v) is 5.96. The molecule has 17 heavy (non-hydrogen) atoms. The molecule has 0 radical (unpaired) electrons. The normalized spacial score (nSPS) is 29.2. The van der Waals surface area contributed by atoms with E-state index in [0.29, 0.717) is 5.57 Å². The SMILES string of the molecule is C=C1CC[C@H](C(C)(C)C)[C@@]1(C(C)=O)C(=O)OC. The molecule has 0 aliphatic heterocycles. The summed E-state index contributed by atoms with van der Waals surface area (Å²) in [6.45, 7) is 11.6. The molecule has 1 fully saturated rings. The fourth-order valence-corrected chi connectivity index (χ4v) is 3.15. The highest BCUT2D eigenvalue weighted by molar-refractivity contribution is 6.06. The second-order valence-corrected chi connectivity index (χ2v) is 5.92. The first-order chi connectivity index (χ1) is 7.68. The van der Waals surface area contributed by atoms with Crippen molar-refractivity contribution in [1.82, 2.24) is 0 Å². The molecule has 1 rings (SSSR count). The van der Waals surface area contributed by atoms with Crippen LogP contribution >= 0.6 is 0 Å². The molecule has 1 aliphatic carbocycles. The van der Waals surface area contributed by atoms with E-state index in [1.54, 1.807) is 0 Å². The van der Waals surface area contributed by atoms with Gasteiger partial charge in [0, 0.05) is 0 Å². The molecule has 0 unspecified atom stereocenters. The monoisotopic (exact) mass is 238 g/mol. The summed E-state index contributed by atoms with van der Waals surface area (Å²) in [6.07, 6.45) is 1.54. The molecule has 0 bridgehead atoms. The van der Waals surface area contributed by atoms with Crippen LogP contribution < -0.4 is 0 Å². The number of carbonyl (C=O) groups excluding carboxylic acids is 2. The molecule has 0 aromatic heterocycles. The van der Waals surface area contributed by atoms with Gasteiger partial charge in [-0.2, -0.15) is 0 Å². The van der Waals surface area contributed by atoms with Crippen LogP contribution in [-0.4, -0.2) is 18.9 Å². The van der Waals surface area contributed by atoms with Gasteiger partial charge in [-0.1, -0.05) is 32.9 Å². The van der Waals surface area contributed by atoms with Gasteiger partial charge in [0.1, 0.15) is 5.41 Å². The third-order valence-corrected chi connectivity index (χ3v) is 3.92. The Bertz CT molecular complexity index is 362. The van der Waals surface area contributed by atoms with Crippen LogP contribution in [0.1, 0.15) is 40.5 Å². The molecule has 3 nitrogen and oxygen atoms in total. The van der Waals surface area contributed by atoms with Gasteiger partial charge in [-0.3, -0.25) is 9.59 Å². The molecule has 96 valence electrons. The number of methoxy groups -OCH3 is 1. The summed E-state index contributed by atoms with van der Waals surface area (Å²) in [7, 11) is 1.33. The zero-order valence-electron chi connectivity index (χ0n) is 11.4. The Hall–Kier alpha value is -1.12. The summed E-state index contributed by atoms with van der Waals surface area (Å²) in [5, 5.41) is 0. The Morgan fingerprint density at radius 1 is 1.41 bits per heavy atom. The number of rotatable bonds is 2. The molecule has 1 aliphatic rings. The second-order valence-electron chi connectivity index (χ2n) is 5.92. The van der Waals surface area contributed by atoms with Gasteiger partial charge in [-0.15, -0.1) is 0 Å². The van der Waals surface area contributed by atoms with Crippen molar-refractivity contribution >= 4 is 11.8 Å². The van der Waals surface area contributed by atoms with Gasteiger partial charge in [0.15, 0.2) is 5.78 Å². The number of esters is 1. The second kappa shape index (κ2) is 4.28. The summed E-state index contributed by atoms with van der Waals surface area (Å²) in [5.41, 5.74) is -0.552. The van der Waals surface area contributed by atoms with Gasteiger partial charge in [0.25, 0.3) is 0 Å². The molecule has 1 saturated carbocycles. The summed E-state index contributed by atoms with van der Waals surface area (Å²) < 4.78 is 4.87. The van der Waals surface area contributed by atoms with E-state index in [4.69, 9.17) is 4.74 Å². The Labute approximate surface area is 103 Å². The van der Waals surface area contributed by atoms with Crippen molar-refractivity contribution < 1.29 is 14.3 Å². The van der Waals surface area contributed by atoms with Crippen molar-refractivity contribution in [2.45, 2.75) is 40.5 Å². The van der Waals surface area contributed by atoms with E-state index >= 15 is 0 Å². The third-order valence-electron chi connectivity index (χ3n) is 3.92. The lowest BCUT2D eigenvalue weighted by atomic mass is 9.63. The molecule has 0 amide bonds. The Balaban J connectivity index is 3.38. The highest BCUT2D eigenvalue weighted by Crippen LogP contribution is 2.55. The standard InChI is InChI=1S/C14H22O3/c1-9-7-8-11(13(3,4)5)14(9,10(2)15)12(16)17-6/h11H,1,7-8H2,2-6H3/t11-,14-/m1/s1. The summed E-state index contributed by atoms with van der Waals surface area (Å²) in [6, 6.07) is 0. The molecular weight excluding hydrogens is 216 g/mol. The maximum Gasteiger partial charge on any atom is 0.323 e. The Kier molecular flexibility index (Phi) is 3.51. The highest BCUT2D eigenvalue weighted by atomic mass is 16.5. The number of ether oxygens (including phenoxy) is 1. The van der Waals surface area contributed by atoms with Crippen LogP contribution in [0.25, 0.3) is 0 Å². The summed E-state index contributed by atoms with van der Waals surface area (Å²) >= 11 is 0. The van der Waals surface area contributed by atoms with Crippen LogP contribution in [0.15, 0.2) is 12.2 Å². The van der Waals surface area contributed by atoms with Crippen LogP contribution in [-0.2, 0) is 14.3 Å². The third kappa shape index (κ3) is 1.92. The lowest BCUT2D eigenvalue weighted by Gasteiger charge is -2.39. The van der Waals surface area contributed by atoms with Crippen molar-refractivity contribution in [2.75, 3.05) is 7.11 Å². The number of hydrogen-bond donors (Lipinski definition) is 0. The highest BCUT2D eigenvalue weighted by Gasteiger charge is 2.59. The Morgan fingerprint density at radius 3 is 2.29 bits per heavy atom. The molecule has 0 heterocycles. The fraction of sp³-hybridized carbons (Fsp3) is 0.714. The largest absolute Gasteiger partial charge is 0.468 e. The van der Waals surface area contributed by atoms with Gasteiger partial charge in [0.05, 0.1) is 7.11 Å². The molecule has 2 atom stereocenters. The topological polar surface area (TPSA) is 43.4 Å². The zero-order valence-corrected chi connectivity index (χ0v) is 11.4. The molecule has 3 heteroatoms. The Morgan fingerprint density at radius 2 is 1.94 bits per heavy atom. The predicted molar refractivity (Wildman–Crippen MR) is 66.4 cm³/mol. The van der Waals surface area contributed by atoms with Crippen LogP contribution in [0.2, 0.25) is 0 Å². The fourth-order valence-electron chi connectivity index (χ4n) is 3.15. The van der Waals surface area contributed by atoms with E-state index in [1.807, 2.05) is 0 Å². The zero-order chi connectivity index (χ0) is 13.4. The molecule has 0 aromatic rings. The lowest BCUT2D eigenvalue weighted by Crippen LogP contribution is -2.47. The predicted octanol–water partition coefficient (Wildman–Crippen LogP) is 2.75. The molecule has 0 saturated heterocycles. The average Bonchev–Trinajstić information content (AvgIpc) is 2.55. The molecule has 0 aromatic carbocycles. The quantitative estimate of drug-likeness (QED) is 0.422. The van der Waals surface area contributed by atoms with Crippen molar-refractivity contribution in [3.8, 4) is 0 Å². The minimum atomic E-state index is -1.13. The summed E-state index contributed by atoms with van der Waals surface area (Å²) in [4.78, 5) is 24.2. The first-order valence-electron chi connectivity index (χ1n) is 5.96. The molecule has 0 N–H and O–H groups in total. The number of ketones is 1. The van der Waals surface area contributed by atoms with E-state index in [2.05, 4.69) is 27.4 Å². The van der Waals surface area contributed by atoms with E-state index < -0.39 is 11.4 Å².